The van der Waals surface area contributed by atoms with Crippen LogP contribution in [-0.2, 0) is 16.1 Å². The van der Waals surface area contributed by atoms with Crippen LogP contribution in [0.2, 0.25) is 0 Å². The predicted molar refractivity (Wildman–Crippen MR) is 84.4 cm³/mol. The molecule has 1 fully saturated rings. The van der Waals surface area contributed by atoms with Gasteiger partial charge in [-0.2, -0.15) is 0 Å². The van der Waals surface area contributed by atoms with E-state index in [2.05, 4.69) is 17.6 Å². The van der Waals surface area contributed by atoms with Crippen molar-refractivity contribution < 1.29 is 14.3 Å². The van der Waals surface area contributed by atoms with Gasteiger partial charge in [0.15, 0.2) is 0 Å². The SMILES string of the molecule is COc1ccccc1CNC(=O)C(=O)N[C@@H]1CCCC[C@@H]1C. The fraction of sp³-hybridized carbons (Fsp3) is 0.529. The lowest BCUT2D eigenvalue weighted by molar-refractivity contribution is -0.140. The fourth-order valence-corrected chi connectivity index (χ4v) is 2.87. The molecule has 0 unspecified atom stereocenters. The summed E-state index contributed by atoms with van der Waals surface area (Å²) in [5, 5.41) is 5.50. The molecule has 2 N–H and O–H groups in total. The van der Waals surface area contributed by atoms with Gasteiger partial charge in [0.2, 0.25) is 0 Å². The van der Waals surface area contributed by atoms with Crippen LogP contribution in [-0.4, -0.2) is 25.0 Å². The maximum Gasteiger partial charge on any atom is 0.309 e. The standard InChI is InChI=1S/C17H24N2O3/c1-12-7-3-5-9-14(12)19-17(21)16(20)18-11-13-8-4-6-10-15(13)22-2/h4,6,8,10,12,14H,3,5,7,9,11H2,1-2H3,(H,18,20)(H,19,21)/t12-,14+/m0/s1. The third kappa shape index (κ3) is 4.23. The maximum atomic E-state index is 12.0. The molecule has 1 aliphatic rings. The second-order valence-corrected chi connectivity index (χ2v) is 5.84. The van der Waals surface area contributed by atoms with Crippen LogP contribution >= 0.6 is 0 Å². The molecule has 1 aliphatic carbocycles. The lowest BCUT2D eigenvalue weighted by Crippen LogP contribution is -2.47. The first-order chi connectivity index (χ1) is 10.6. The van der Waals surface area contributed by atoms with E-state index in [-0.39, 0.29) is 12.6 Å². The number of para-hydroxylation sites is 1. The van der Waals surface area contributed by atoms with E-state index in [1.165, 1.54) is 6.42 Å². The highest BCUT2D eigenvalue weighted by Crippen LogP contribution is 2.23. The average Bonchev–Trinajstić information content (AvgIpc) is 2.54. The lowest BCUT2D eigenvalue weighted by Gasteiger charge is -2.29. The molecule has 0 radical (unpaired) electrons. The van der Waals surface area contributed by atoms with Crippen molar-refractivity contribution in [1.29, 1.82) is 0 Å². The zero-order valence-electron chi connectivity index (χ0n) is 13.2. The van der Waals surface area contributed by atoms with Gasteiger partial charge in [0.05, 0.1) is 7.11 Å². The second kappa shape index (κ2) is 7.82. The number of amides is 2. The smallest absolute Gasteiger partial charge is 0.309 e. The van der Waals surface area contributed by atoms with Gasteiger partial charge < -0.3 is 15.4 Å². The van der Waals surface area contributed by atoms with Crippen LogP contribution in [0.4, 0.5) is 0 Å². The zero-order chi connectivity index (χ0) is 15.9. The van der Waals surface area contributed by atoms with Gasteiger partial charge in [0, 0.05) is 18.2 Å². The normalized spacial score (nSPS) is 21.0. The molecule has 22 heavy (non-hydrogen) atoms. The number of hydrogen-bond donors (Lipinski definition) is 2. The highest BCUT2D eigenvalue weighted by Gasteiger charge is 2.25. The maximum absolute atomic E-state index is 12.0. The van der Waals surface area contributed by atoms with E-state index >= 15 is 0 Å². The minimum atomic E-state index is -0.594. The van der Waals surface area contributed by atoms with Gasteiger partial charge in [-0.1, -0.05) is 38.0 Å². The van der Waals surface area contributed by atoms with Crippen molar-refractivity contribution in [2.75, 3.05) is 7.11 Å². The van der Waals surface area contributed by atoms with Crippen molar-refractivity contribution in [3.05, 3.63) is 29.8 Å². The Balaban J connectivity index is 1.85. The van der Waals surface area contributed by atoms with E-state index in [1.807, 2.05) is 24.3 Å². The Kier molecular flexibility index (Phi) is 5.81. The Morgan fingerprint density at radius 3 is 2.64 bits per heavy atom. The van der Waals surface area contributed by atoms with Crippen molar-refractivity contribution in [2.45, 2.75) is 45.2 Å². The summed E-state index contributed by atoms with van der Waals surface area (Å²) in [4.78, 5) is 23.9. The predicted octanol–water partition coefficient (Wildman–Crippen LogP) is 2.01. The molecule has 0 bridgehead atoms. The monoisotopic (exact) mass is 304 g/mol. The number of ether oxygens (including phenoxy) is 1. The molecule has 1 aromatic rings. The number of rotatable bonds is 4. The average molecular weight is 304 g/mol. The summed E-state index contributed by atoms with van der Waals surface area (Å²) in [6, 6.07) is 7.53. The minimum absolute atomic E-state index is 0.110. The Morgan fingerprint density at radius 1 is 1.18 bits per heavy atom. The van der Waals surface area contributed by atoms with Gasteiger partial charge >= 0.3 is 11.8 Å². The van der Waals surface area contributed by atoms with E-state index in [9.17, 15) is 9.59 Å². The number of nitrogens with one attached hydrogen (secondary N) is 2. The molecule has 2 rings (SSSR count). The molecule has 120 valence electrons. The summed E-state index contributed by atoms with van der Waals surface area (Å²) in [5.74, 6) is -0.0128. The Morgan fingerprint density at radius 2 is 1.91 bits per heavy atom. The van der Waals surface area contributed by atoms with Crippen LogP contribution in [0, 0.1) is 5.92 Å². The van der Waals surface area contributed by atoms with Gasteiger partial charge in [0.1, 0.15) is 5.75 Å². The van der Waals surface area contributed by atoms with E-state index in [0.29, 0.717) is 11.7 Å². The largest absolute Gasteiger partial charge is 0.496 e. The topological polar surface area (TPSA) is 67.4 Å². The van der Waals surface area contributed by atoms with Crippen LogP contribution in [0.3, 0.4) is 0 Å². The zero-order valence-corrected chi connectivity index (χ0v) is 13.2. The third-order valence-corrected chi connectivity index (χ3v) is 4.27. The first-order valence-corrected chi connectivity index (χ1v) is 7.82. The summed E-state index contributed by atoms with van der Waals surface area (Å²) < 4.78 is 5.22. The number of carbonyl (C=O) groups is 2. The van der Waals surface area contributed by atoms with Gasteiger partial charge in [0.25, 0.3) is 0 Å². The quantitative estimate of drug-likeness (QED) is 0.836. The first-order valence-electron chi connectivity index (χ1n) is 7.82. The number of carbonyl (C=O) groups excluding carboxylic acids is 2. The van der Waals surface area contributed by atoms with Crippen molar-refractivity contribution in [3.8, 4) is 5.75 Å². The van der Waals surface area contributed by atoms with Crippen molar-refractivity contribution in [3.63, 3.8) is 0 Å². The summed E-state index contributed by atoms with van der Waals surface area (Å²) in [6.45, 7) is 2.40. The Labute approximate surface area is 131 Å². The molecule has 0 heterocycles. The van der Waals surface area contributed by atoms with Crippen LogP contribution in [0.25, 0.3) is 0 Å². The first kappa shape index (κ1) is 16.3. The third-order valence-electron chi connectivity index (χ3n) is 4.27. The van der Waals surface area contributed by atoms with Crippen molar-refractivity contribution in [2.24, 2.45) is 5.92 Å². The molecule has 5 nitrogen and oxygen atoms in total. The molecule has 1 aromatic carbocycles. The molecule has 2 atom stereocenters. The highest BCUT2D eigenvalue weighted by molar-refractivity contribution is 6.35. The fourth-order valence-electron chi connectivity index (χ4n) is 2.87. The van der Waals surface area contributed by atoms with E-state index in [1.54, 1.807) is 7.11 Å². The van der Waals surface area contributed by atoms with Crippen LogP contribution in [0.1, 0.15) is 38.2 Å². The van der Waals surface area contributed by atoms with Crippen LogP contribution < -0.4 is 15.4 Å². The molecule has 5 heteroatoms. The lowest BCUT2D eigenvalue weighted by atomic mass is 9.86. The second-order valence-electron chi connectivity index (χ2n) is 5.84. The van der Waals surface area contributed by atoms with E-state index in [0.717, 1.165) is 24.8 Å². The molecule has 0 saturated heterocycles. The summed E-state index contributed by atoms with van der Waals surface area (Å²) in [7, 11) is 1.58. The van der Waals surface area contributed by atoms with E-state index in [4.69, 9.17) is 4.74 Å². The highest BCUT2D eigenvalue weighted by atomic mass is 16.5. The summed E-state index contributed by atoms with van der Waals surface area (Å²) in [6.07, 6.45) is 4.37. The van der Waals surface area contributed by atoms with Gasteiger partial charge in [-0.3, -0.25) is 9.59 Å². The molecular weight excluding hydrogens is 280 g/mol. The van der Waals surface area contributed by atoms with Gasteiger partial charge in [-0.25, -0.2) is 0 Å². The molecular formula is C17H24N2O3. The van der Waals surface area contributed by atoms with Gasteiger partial charge in [-0.05, 0) is 24.8 Å². The molecule has 1 saturated carbocycles. The summed E-state index contributed by atoms with van der Waals surface area (Å²) >= 11 is 0. The van der Waals surface area contributed by atoms with Crippen molar-refractivity contribution >= 4 is 11.8 Å². The minimum Gasteiger partial charge on any atom is -0.496 e. The summed E-state index contributed by atoms with van der Waals surface area (Å²) in [5.41, 5.74) is 0.845. The van der Waals surface area contributed by atoms with E-state index < -0.39 is 11.8 Å². The Bertz CT molecular complexity index is 530. The molecule has 0 aromatic heterocycles. The molecule has 0 aliphatic heterocycles. The molecule has 2 amide bonds. The Hall–Kier alpha value is -2.04. The number of methoxy groups -OCH3 is 1. The number of benzene rings is 1. The van der Waals surface area contributed by atoms with Crippen LogP contribution in [0.15, 0.2) is 24.3 Å². The number of hydrogen-bond acceptors (Lipinski definition) is 3. The van der Waals surface area contributed by atoms with Gasteiger partial charge in [-0.15, -0.1) is 0 Å². The van der Waals surface area contributed by atoms with Crippen LogP contribution in [0.5, 0.6) is 5.75 Å². The molecule has 0 spiro atoms. The van der Waals surface area contributed by atoms with Crippen molar-refractivity contribution in [1.82, 2.24) is 10.6 Å².